The second kappa shape index (κ2) is 9.36. The largest absolute Gasteiger partial charge is 0.435 e. The highest BCUT2D eigenvalue weighted by Gasteiger charge is 2.45. The van der Waals surface area contributed by atoms with Crippen molar-refractivity contribution in [1.29, 1.82) is 0 Å². The monoisotopic (exact) mass is 534 g/mol. The topological polar surface area (TPSA) is 109 Å². The molecule has 1 aliphatic heterocycles. The van der Waals surface area contributed by atoms with E-state index in [9.17, 15) is 40.6 Å². The molecule has 2 atom stereocenters. The maximum Gasteiger partial charge on any atom is 0.435 e. The van der Waals surface area contributed by atoms with Crippen LogP contribution < -0.4 is 11.1 Å². The number of nitrogens with zero attached hydrogens (tertiary/aromatic N) is 4. The summed E-state index contributed by atoms with van der Waals surface area (Å²) in [5, 5.41) is 16.6. The van der Waals surface area contributed by atoms with Gasteiger partial charge in [-0.25, -0.2) is 14.2 Å². The van der Waals surface area contributed by atoms with E-state index < -0.39 is 65.0 Å². The Balaban J connectivity index is 1.79. The number of aromatic nitrogens is 3. The van der Waals surface area contributed by atoms with Crippen LogP contribution >= 0.6 is 0 Å². The number of nitrogens with two attached hydrogens (primary N) is 1. The van der Waals surface area contributed by atoms with Gasteiger partial charge in [-0.05, 0) is 30.0 Å². The van der Waals surface area contributed by atoms with E-state index in [-0.39, 0.29) is 19.6 Å². The normalized spacial score (nSPS) is 18.3. The minimum Gasteiger partial charge on any atom is -0.395 e. The molecular weight excluding hydrogens is 513 g/mol. The molecule has 2 aromatic heterocycles. The van der Waals surface area contributed by atoms with Crippen molar-refractivity contribution in [3.8, 4) is 0 Å². The molecule has 1 aliphatic rings. The number of nitrogens with one attached hydrogen (secondary N) is 1. The fraction of sp³-hybridized carbons (Fsp3) is 0.409. The van der Waals surface area contributed by atoms with Crippen molar-refractivity contribution in [2.24, 2.45) is 11.7 Å². The van der Waals surface area contributed by atoms with Gasteiger partial charge >= 0.3 is 18.4 Å². The van der Waals surface area contributed by atoms with E-state index in [0.29, 0.717) is 28.6 Å². The number of anilines is 1. The number of alkyl halides is 6. The predicted molar refractivity (Wildman–Crippen MR) is 116 cm³/mol. The number of benzene rings is 1. The van der Waals surface area contributed by atoms with Crippen molar-refractivity contribution < 1.29 is 40.6 Å². The van der Waals surface area contributed by atoms with Gasteiger partial charge in [0, 0.05) is 37.2 Å². The number of carbonyl (C=O) groups excluding carboxylic acids is 1. The minimum absolute atomic E-state index is 0.0918. The molecular formula is C22H21F7N6O2. The zero-order valence-corrected chi connectivity index (χ0v) is 18.9. The zero-order chi connectivity index (χ0) is 27.2. The van der Waals surface area contributed by atoms with Crippen LogP contribution in [0, 0.1) is 11.7 Å². The van der Waals surface area contributed by atoms with E-state index in [1.807, 2.05) is 0 Å². The van der Waals surface area contributed by atoms with E-state index in [1.165, 1.54) is 17.0 Å². The number of halogens is 7. The van der Waals surface area contributed by atoms with Gasteiger partial charge in [-0.3, -0.25) is 0 Å². The number of carbonyl (C=O) groups is 1. The van der Waals surface area contributed by atoms with Gasteiger partial charge in [-0.15, -0.1) is 0 Å². The first-order chi connectivity index (χ1) is 17.2. The lowest BCUT2D eigenvalue weighted by Crippen LogP contribution is -2.47. The number of hydrogen-bond donors (Lipinski definition) is 3. The number of primary amides is 1. The van der Waals surface area contributed by atoms with E-state index in [1.54, 1.807) is 0 Å². The Morgan fingerprint density at radius 1 is 1.08 bits per heavy atom. The van der Waals surface area contributed by atoms with Crippen LogP contribution in [-0.4, -0.2) is 56.9 Å². The second-order valence-corrected chi connectivity index (χ2v) is 8.77. The minimum atomic E-state index is -4.97. The Bertz CT molecular complexity index is 1290. The summed E-state index contributed by atoms with van der Waals surface area (Å²) in [6.45, 7) is -0.552. The first-order valence-corrected chi connectivity index (χ1v) is 10.9. The molecule has 1 fully saturated rings. The highest BCUT2D eigenvalue weighted by Crippen LogP contribution is 2.39. The lowest BCUT2D eigenvalue weighted by Gasteiger charge is -2.38. The van der Waals surface area contributed by atoms with Crippen molar-refractivity contribution in [2.75, 3.05) is 31.6 Å². The number of urea groups is 1. The average molecular weight is 534 g/mol. The van der Waals surface area contributed by atoms with Crippen LogP contribution in [-0.2, 0) is 17.8 Å². The molecule has 2 amide bonds. The number of hydrogen-bond acceptors (Lipinski definition) is 5. The van der Waals surface area contributed by atoms with Crippen LogP contribution in [0.1, 0.15) is 23.4 Å². The average Bonchev–Trinajstić information content (AvgIpc) is 3.48. The van der Waals surface area contributed by atoms with Crippen molar-refractivity contribution in [3.05, 3.63) is 59.2 Å². The van der Waals surface area contributed by atoms with Gasteiger partial charge in [-0.1, -0.05) is 12.1 Å². The molecule has 0 radical (unpaired) electrons. The molecule has 4 rings (SSSR count). The van der Waals surface area contributed by atoms with E-state index in [4.69, 9.17) is 5.73 Å². The standard InChI is InChI=1S/C22H21F7N6O2/c23-14-3-1-12(2-4-14)20(11-36,13-5-6-34(9-13)19(30)37)10-31-17-7-15(21(24,25)26)32-18-8-16(22(27,28)29)33-35(17)18/h1-4,7-8,13,31,36H,5-6,9-11H2,(H2,30,37)/t13-,20+/m0/s1. The summed E-state index contributed by atoms with van der Waals surface area (Å²) in [6, 6.07) is 5.24. The summed E-state index contributed by atoms with van der Waals surface area (Å²) in [5.74, 6) is -1.51. The maximum absolute atomic E-state index is 13.6. The molecule has 0 saturated carbocycles. The van der Waals surface area contributed by atoms with Gasteiger partial charge in [0.15, 0.2) is 17.0 Å². The number of fused-ring (bicyclic) bond motifs is 1. The van der Waals surface area contributed by atoms with Gasteiger partial charge in [0.05, 0.1) is 6.61 Å². The summed E-state index contributed by atoms with van der Waals surface area (Å²) >= 11 is 0. The molecule has 4 N–H and O–H groups in total. The van der Waals surface area contributed by atoms with Crippen LogP contribution in [0.3, 0.4) is 0 Å². The van der Waals surface area contributed by atoms with Crippen LogP contribution in [0.4, 0.5) is 41.3 Å². The lowest BCUT2D eigenvalue weighted by atomic mass is 9.70. The number of aliphatic hydroxyl groups excluding tert-OH is 1. The van der Waals surface area contributed by atoms with Gasteiger partial charge in [0.25, 0.3) is 0 Å². The van der Waals surface area contributed by atoms with Crippen LogP contribution in [0.25, 0.3) is 5.65 Å². The number of aliphatic hydroxyl groups is 1. The van der Waals surface area contributed by atoms with Crippen LogP contribution in [0.5, 0.6) is 0 Å². The molecule has 0 bridgehead atoms. The first-order valence-electron chi connectivity index (χ1n) is 10.9. The third kappa shape index (κ3) is 5.12. The van der Waals surface area contributed by atoms with Gasteiger partial charge in [-0.2, -0.15) is 36.0 Å². The molecule has 37 heavy (non-hydrogen) atoms. The van der Waals surface area contributed by atoms with Crippen LogP contribution in [0.15, 0.2) is 36.4 Å². The summed E-state index contributed by atoms with van der Waals surface area (Å²) in [6.07, 6.45) is -9.56. The number of amides is 2. The summed E-state index contributed by atoms with van der Waals surface area (Å²) in [5.41, 5.74) is 0.897. The molecule has 1 saturated heterocycles. The molecule has 1 aromatic carbocycles. The SMILES string of the molecule is NC(=O)N1CC[C@H]([C@@](CO)(CNc2cc(C(F)(F)F)nc3cc(C(F)(F)F)nn23)c2ccc(F)cc2)C1. The fourth-order valence-electron chi connectivity index (χ4n) is 4.58. The van der Waals surface area contributed by atoms with E-state index >= 15 is 0 Å². The maximum atomic E-state index is 13.6. The number of likely N-dealkylation sites (tertiary alicyclic amines) is 1. The molecule has 15 heteroatoms. The molecule has 3 aromatic rings. The van der Waals surface area contributed by atoms with Crippen molar-refractivity contribution in [1.82, 2.24) is 19.5 Å². The van der Waals surface area contributed by atoms with Crippen LogP contribution in [0.2, 0.25) is 0 Å². The number of rotatable bonds is 6. The van der Waals surface area contributed by atoms with Crippen molar-refractivity contribution in [2.45, 2.75) is 24.2 Å². The lowest BCUT2D eigenvalue weighted by molar-refractivity contribution is -0.142. The highest BCUT2D eigenvalue weighted by atomic mass is 19.4. The summed E-state index contributed by atoms with van der Waals surface area (Å²) in [4.78, 5) is 16.3. The Kier molecular flexibility index (Phi) is 6.69. The smallest absolute Gasteiger partial charge is 0.395 e. The quantitative estimate of drug-likeness (QED) is 0.419. The first kappa shape index (κ1) is 26.4. The Hall–Kier alpha value is -3.62. The Morgan fingerprint density at radius 2 is 1.73 bits per heavy atom. The molecule has 0 unspecified atom stereocenters. The highest BCUT2D eigenvalue weighted by molar-refractivity contribution is 5.72. The zero-order valence-electron chi connectivity index (χ0n) is 18.9. The van der Waals surface area contributed by atoms with Gasteiger partial charge in [0.1, 0.15) is 11.6 Å². The third-order valence-corrected chi connectivity index (χ3v) is 6.58. The fourth-order valence-corrected chi connectivity index (χ4v) is 4.58. The van der Waals surface area contributed by atoms with E-state index in [2.05, 4.69) is 15.4 Å². The molecule has 8 nitrogen and oxygen atoms in total. The van der Waals surface area contributed by atoms with Crippen molar-refractivity contribution >= 4 is 17.5 Å². The molecule has 0 spiro atoms. The predicted octanol–water partition coefficient (Wildman–Crippen LogP) is 3.65. The Labute approximate surface area is 204 Å². The second-order valence-electron chi connectivity index (χ2n) is 8.77. The molecule has 3 heterocycles. The molecule has 200 valence electrons. The van der Waals surface area contributed by atoms with Crippen molar-refractivity contribution in [3.63, 3.8) is 0 Å². The third-order valence-electron chi connectivity index (χ3n) is 6.58. The van der Waals surface area contributed by atoms with Gasteiger partial charge in [0.2, 0.25) is 0 Å². The van der Waals surface area contributed by atoms with Gasteiger partial charge < -0.3 is 21.1 Å². The Morgan fingerprint density at radius 3 is 2.27 bits per heavy atom. The van der Waals surface area contributed by atoms with E-state index in [0.717, 1.165) is 12.1 Å². The summed E-state index contributed by atoms with van der Waals surface area (Å²) < 4.78 is 94.4. The summed E-state index contributed by atoms with van der Waals surface area (Å²) in [7, 11) is 0. The molecule has 0 aliphatic carbocycles.